The van der Waals surface area contributed by atoms with Crippen molar-refractivity contribution < 1.29 is 0 Å². The quantitative estimate of drug-likeness (QED) is 0.792. The van der Waals surface area contributed by atoms with Crippen molar-refractivity contribution in [1.82, 2.24) is 9.13 Å². The van der Waals surface area contributed by atoms with Crippen LogP contribution in [0, 0.1) is 6.92 Å². The van der Waals surface area contributed by atoms with Gasteiger partial charge in [0.25, 0.3) is 0 Å². The van der Waals surface area contributed by atoms with Crippen LogP contribution in [0.4, 0.5) is 0 Å². The molecule has 2 aromatic rings. The highest BCUT2D eigenvalue weighted by atomic mass is 16.1. The molecule has 3 rings (SSSR count). The molecule has 17 heavy (non-hydrogen) atoms. The van der Waals surface area contributed by atoms with E-state index < -0.39 is 0 Å². The predicted molar refractivity (Wildman–Crippen MR) is 67.2 cm³/mol. The van der Waals surface area contributed by atoms with Crippen LogP contribution in [-0.2, 0) is 6.54 Å². The van der Waals surface area contributed by atoms with Gasteiger partial charge in [-0.05, 0) is 25.3 Å². The number of aromatic nitrogens is 2. The van der Waals surface area contributed by atoms with Crippen LogP contribution in [0.15, 0.2) is 41.5 Å². The summed E-state index contributed by atoms with van der Waals surface area (Å²) >= 11 is 0. The molecule has 1 aromatic carbocycles. The Morgan fingerprint density at radius 2 is 2.12 bits per heavy atom. The van der Waals surface area contributed by atoms with E-state index in [-0.39, 0.29) is 5.69 Å². The maximum Gasteiger partial charge on any atom is 0.328 e. The highest BCUT2D eigenvalue weighted by Crippen LogP contribution is 2.33. The molecule has 3 nitrogen and oxygen atoms in total. The molecular weight excluding hydrogens is 212 g/mol. The summed E-state index contributed by atoms with van der Waals surface area (Å²) in [7, 11) is 0. The molecular formula is C14H16N2O. The SMILES string of the molecule is Cc1cccc(Cn2ccn(C3CC3)c2=O)c1. The molecule has 88 valence electrons. The molecule has 1 fully saturated rings. The van der Waals surface area contributed by atoms with Gasteiger partial charge >= 0.3 is 5.69 Å². The zero-order valence-corrected chi connectivity index (χ0v) is 9.97. The number of hydrogen-bond acceptors (Lipinski definition) is 1. The molecule has 0 saturated heterocycles. The summed E-state index contributed by atoms with van der Waals surface area (Å²) in [5, 5.41) is 0. The molecule has 0 atom stereocenters. The number of hydrogen-bond donors (Lipinski definition) is 0. The van der Waals surface area contributed by atoms with Gasteiger partial charge in [0.1, 0.15) is 0 Å². The molecule has 1 aliphatic carbocycles. The maximum absolute atomic E-state index is 12.1. The van der Waals surface area contributed by atoms with E-state index >= 15 is 0 Å². The van der Waals surface area contributed by atoms with Gasteiger partial charge in [0.15, 0.2) is 0 Å². The molecule has 0 radical (unpaired) electrons. The van der Waals surface area contributed by atoms with Crippen LogP contribution < -0.4 is 5.69 Å². The smallest absolute Gasteiger partial charge is 0.296 e. The third-order valence-electron chi connectivity index (χ3n) is 3.25. The second kappa shape index (κ2) is 3.91. The van der Waals surface area contributed by atoms with E-state index in [1.165, 1.54) is 11.1 Å². The van der Waals surface area contributed by atoms with Gasteiger partial charge in [0.2, 0.25) is 0 Å². The number of nitrogens with zero attached hydrogens (tertiary/aromatic N) is 2. The van der Waals surface area contributed by atoms with Crippen LogP contribution in [-0.4, -0.2) is 9.13 Å². The van der Waals surface area contributed by atoms with Gasteiger partial charge in [-0.1, -0.05) is 29.8 Å². The van der Waals surface area contributed by atoms with E-state index in [0.717, 1.165) is 12.8 Å². The molecule has 0 amide bonds. The van der Waals surface area contributed by atoms with Crippen molar-refractivity contribution in [2.75, 3.05) is 0 Å². The lowest BCUT2D eigenvalue weighted by Crippen LogP contribution is -2.23. The lowest BCUT2D eigenvalue weighted by molar-refractivity contribution is 0.656. The minimum absolute atomic E-state index is 0.119. The van der Waals surface area contributed by atoms with E-state index in [4.69, 9.17) is 0 Å². The maximum atomic E-state index is 12.1. The number of aryl methyl sites for hydroxylation is 1. The number of benzene rings is 1. The first kappa shape index (κ1) is 10.4. The van der Waals surface area contributed by atoms with Crippen molar-refractivity contribution >= 4 is 0 Å². The van der Waals surface area contributed by atoms with Gasteiger partial charge < -0.3 is 0 Å². The monoisotopic (exact) mass is 228 g/mol. The molecule has 1 aromatic heterocycles. The van der Waals surface area contributed by atoms with Crippen molar-refractivity contribution in [2.24, 2.45) is 0 Å². The van der Waals surface area contributed by atoms with Gasteiger partial charge in [0.05, 0.1) is 6.54 Å². The molecule has 3 heteroatoms. The van der Waals surface area contributed by atoms with E-state index in [9.17, 15) is 4.79 Å². The first-order valence-corrected chi connectivity index (χ1v) is 6.07. The van der Waals surface area contributed by atoms with Crippen molar-refractivity contribution in [1.29, 1.82) is 0 Å². The third-order valence-corrected chi connectivity index (χ3v) is 3.25. The molecule has 0 unspecified atom stereocenters. The Hall–Kier alpha value is -1.77. The molecule has 0 bridgehead atoms. The van der Waals surface area contributed by atoms with E-state index in [0.29, 0.717) is 12.6 Å². The molecule has 1 aliphatic rings. The Morgan fingerprint density at radius 3 is 2.82 bits per heavy atom. The molecule has 1 heterocycles. The Kier molecular flexibility index (Phi) is 2.39. The van der Waals surface area contributed by atoms with Gasteiger partial charge in [0, 0.05) is 18.4 Å². The fraction of sp³-hybridized carbons (Fsp3) is 0.357. The van der Waals surface area contributed by atoms with E-state index in [1.54, 1.807) is 4.57 Å². The van der Waals surface area contributed by atoms with Crippen molar-refractivity contribution in [3.63, 3.8) is 0 Å². The van der Waals surface area contributed by atoms with E-state index in [1.807, 2.05) is 23.0 Å². The summed E-state index contributed by atoms with van der Waals surface area (Å²) in [4.78, 5) is 12.1. The van der Waals surface area contributed by atoms with Gasteiger partial charge in [-0.25, -0.2) is 4.79 Å². The highest BCUT2D eigenvalue weighted by molar-refractivity contribution is 5.22. The van der Waals surface area contributed by atoms with Crippen LogP contribution in [0.5, 0.6) is 0 Å². The zero-order valence-electron chi connectivity index (χ0n) is 9.97. The Bertz CT molecular complexity index is 590. The minimum atomic E-state index is 0.119. The molecule has 0 spiro atoms. The lowest BCUT2D eigenvalue weighted by atomic mass is 10.1. The average molecular weight is 228 g/mol. The van der Waals surface area contributed by atoms with Crippen LogP contribution >= 0.6 is 0 Å². The lowest BCUT2D eigenvalue weighted by Gasteiger charge is -2.03. The van der Waals surface area contributed by atoms with Crippen molar-refractivity contribution in [3.05, 3.63) is 58.3 Å². The summed E-state index contributed by atoms with van der Waals surface area (Å²) in [5.41, 5.74) is 2.53. The molecule has 0 N–H and O–H groups in total. The van der Waals surface area contributed by atoms with Crippen LogP contribution in [0.25, 0.3) is 0 Å². The van der Waals surface area contributed by atoms with Crippen molar-refractivity contribution in [3.8, 4) is 0 Å². The summed E-state index contributed by atoms with van der Waals surface area (Å²) in [6, 6.07) is 8.76. The van der Waals surface area contributed by atoms with E-state index in [2.05, 4.69) is 25.1 Å². The summed E-state index contributed by atoms with van der Waals surface area (Å²) in [6.45, 7) is 2.74. The normalized spacial score (nSPS) is 15.1. The predicted octanol–water partition coefficient (Wildman–Crippen LogP) is 2.34. The highest BCUT2D eigenvalue weighted by Gasteiger charge is 2.25. The summed E-state index contributed by atoms with van der Waals surface area (Å²) in [5.74, 6) is 0. The first-order valence-electron chi connectivity index (χ1n) is 6.07. The third kappa shape index (κ3) is 2.05. The number of rotatable bonds is 3. The first-order chi connectivity index (χ1) is 8.24. The van der Waals surface area contributed by atoms with Crippen LogP contribution in [0.1, 0.15) is 30.0 Å². The Morgan fingerprint density at radius 1 is 1.29 bits per heavy atom. The largest absolute Gasteiger partial charge is 0.328 e. The average Bonchev–Trinajstić information content (AvgIpc) is 3.07. The Labute approximate surface area is 100 Å². The Balaban J connectivity index is 1.88. The zero-order chi connectivity index (χ0) is 11.8. The second-order valence-electron chi connectivity index (χ2n) is 4.84. The summed E-state index contributed by atoms with van der Waals surface area (Å²) in [6.07, 6.45) is 6.10. The molecule has 0 aliphatic heterocycles. The minimum Gasteiger partial charge on any atom is -0.296 e. The fourth-order valence-electron chi connectivity index (χ4n) is 2.19. The van der Waals surface area contributed by atoms with Crippen LogP contribution in [0.3, 0.4) is 0 Å². The number of imidazole rings is 1. The van der Waals surface area contributed by atoms with Crippen molar-refractivity contribution in [2.45, 2.75) is 32.4 Å². The topological polar surface area (TPSA) is 26.9 Å². The van der Waals surface area contributed by atoms with Crippen LogP contribution in [0.2, 0.25) is 0 Å². The van der Waals surface area contributed by atoms with Gasteiger partial charge in [-0.15, -0.1) is 0 Å². The standard InChI is InChI=1S/C14H16N2O/c1-11-3-2-4-12(9-11)10-15-7-8-16(14(15)17)13-5-6-13/h2-4,7-9,13H,5-6,10H2,1H3. The second-order valence-corrected chi connectivity index (χ2v) is 4.84. The van der Waals surface area contributed by atoms with Gasteiger partial charge in [-0.2, -0.15) is 0 Å². The van der Waals surface area contributed by atoms with Gasteiger partial charge in [-0.3, -0.25) is 9.13 Å². The summed E-state index contributed by atoms with van der Waals surface area (Å²) < 4.78 is 3.64. The fourth-order valence-corrected chi connectivity index (χ4v) is 2.19. The molecule has 1 saturated carbocycles.